The van der Waals surface area contributed by atoms with E-state index in [4.69, 9.17) is 4.74 Å². The maximum Gasteiger partial charge on any atom is 0.337 e. The van der Waals surface area contributed by atoms with E-state index in [0.29, 0.717) is 17.9 Å². The molecule has 0 aromatic heterocycles. The molecule has 0 amide bonds. The van der Waals surface area contributed by atoms with Crippen molar-refractivity contribution < 1.29 is 18.8 Å². The Morgan fingerprint density at radius 2 is 1.81 bits per heavy atom. The summed E-state index contributed by atoms with van der Waals surface area (Å²) in [5.74, 6) is 0.359. The molecule has 0 heterocycles. The Labute approximate surface area is 126 Å². The zero-order valence-electron chi connectivity index (χ0n) is 13.2. The van der Waals surface area contributed by atoms with Gasteiger partial charge >= 0.3 is 5.97 Å². The van der Waals surface area contributed by atoms with Crippen LogP contribution in [0, 0.1) is 0 Å². The fourth-order valence-corrected chi connectivity index (χ4v) is 2.47. The summed E-state index contributed by atoms with van der Waals surface area (Å²) in [6, 6.07) is 6.85. The highest BCUT2D eigenvalue weighted by atomic mass is 31.2. The van der Waals surface area contributed by atoms with Crippen molar-refractivity contribution in [3.63, 3.8) is 0 Å². The average Bonchev–Trinajstić information content (AvgIpc) is 2.44. The molecule has 0 saturated heterocycles. The Bertz CT molecular complexity index is 495. The topological polar surface area (TPSA) is 55.8 Å². The first kappa shape index (κ1) is 17.7. The van der Waals surface area contributed by atoms with Crippen LogP contribution in [0.4, 0.5) is 0 Å². The molecule has 0 spiro atoms. The van der Waals surface area contributed by atoms with Gasteiger partial charge in [0.1, 0.15) is 12.4 Å². The fourth-order valence-electron chi connectivity index (χ4n) is 1.65. The number of ether oxygens (including phenoxy) is 2. The van der Waals surface area contributed by atoms with Crippen LogP contribution in [-0.4, -0.2) is 64.2 Å². The minimum Gasteiger partial charge on any atom is -0.492 e. The normalized spacial score (nSPS) is 11.5. The summed E-state index contributed by atoms with van der Waals surface area (Å²) in [5.41, 5.74) is 0.503. The average molecular weight is 313 g/mol. The summed E-state index contributed by atoms with van der Waals surface area (Å²) in [6.07, 6.45) is 0.720. The summed E-state index contributed by atoms with van der Waals surface area (Å²) in [4.78, 5) is 13.4. The van der Waals surface area contributed by atoms with E-state index in [0.717, 1.165) is 19.3 Å². The van der Waals surface area contributed by atoms with Crippen LogP contribution in [0.25, 0.3) is 0 Å². The third kappa shape index (κ3) is 7.30. The lowest BCUT2D eigenvalue weighted by Gasteiger charge is -2.18. The second-order valence-electron chi connectivity index (χ2n) is 5.47. The number of hydrogen-bond donors (Lipinski definition) is 0. The Kier molecular flexibility index (Phi) is 6.93. The van der Waals surface area contributed by atoms with Crippen molar-refractivity contribution in [1.82, 2.24) is 4.90 Å². The highest BCUT2D eigenvalue weighted by molar-refractivity contribution is 7.62. The molecule has 0 bridgehead atoms. The predicted molar refractivity (Wildman–Crippen MR) is 85.1 cm³/mol. The zero-order chi connectivity index (χ0) is 15.9. The maximum absolute atomic E-state index is 11.6. The molecule has 5 nitrogen and oxygen atoms in total. The van der Waals surface area contributed by atoms with Gasteiger partial charge in [0, 0.05) is 19.3 Å². The molecule has 1 aromatic rings. The van der Waals surface area contributed by atoms with E-state index < -0.39 is 7.14 Å². The van der Waals surface area contributed by atoms with Gasteiger partial charge in [0.05, 0.1) is 19.8 Å². The Balaban J connectivity index is 2.32. The van der Waals surface area contributed by atoms with Gasteiger partial charge in [0.15, 0.2) is 0 Å². The molecule has 0 aliphatic carbocycles. The van der Waals surface area contributed by atoms with Gasteiger partial charge in [-0.25, -0.2) is 4.79 Å². The molecule has 1 aromatic carbocycles. The number of benzene rings is 1. The van der Waals surface area contributed by atoms with Crippen LogP contribution in [0.1, 0.15) is 10.4 Å². The van der Waals surface area contributed by atoms with Crippen LogP contribution in [0.15, 0.2) is 24.3 Å². The Morgan fingerprint density at radius 3 is 2.33 bits per heavy atom. The number of nitrogens with zero attached hydrogens (tertiary/aromatic N) is 1. The van der Waals surface area contributed by atoms with Crippen molar-refractivity contribution >= 4 is 13.1 Å². The molecule has 0 atom stereocenters. The largest absolute Gasteiger partial charge is 0.492 e. The summed E-state index contributed by atoms with van der Waals surface area (Å²) >= 11 is 0. The second kappa shape index (κ2) is 8.20. The first-order valence-electron chi connectivity index (χ1n) is 6.85. The molecule has 21 heavy (non-hydrogen) atoms. The standard InChI is InChI=1S/C15H24NO4P/c1-16(10-12-21(3,4)18)9-11-20-14-7-5-13(6-8-14)15(17)19-2/h5-8H,9-12H2,1-4H3. The molecule has 0 unspecified atom stereocenters. The van der Waals surface area contributed by atoms with Crippen molar-refractivity contribution in [2.75, 3.05) is 53.3 Å². The van der Waals surface area contributed by atoms with Crippen LogP contribution in [0.5, 0.6) is 5.75 Å². The molecule has 1 rings (SSSR count). The molecule has 6 heteroatoms. The van der Waals surface area contributed by atoms with E-state index in [1.54, 1.807) is 37.6 Å². The van der Waals surface area contributed by atoms with Gasteiger partial charge in [-0.2, -0.15) is 0 Å². The van der Waals surface area contributed by atoms with Gasteiger partial charge in [0.25, 0.3) is 0 Å². The van der Waals surface area contributed by atoms with Crippen molar-refractivity contribution in [3.05, 3.63) is 29.8 Å². The van der Waals surface area contributed by atoms with E-state index in [2.05, 4.69) is 9.64 Å². The minimum absolute atomic E-state index is 0.357. The monoisotopic (exact) mass is 313 g/mol. The SMILES string of the molecule is COC(=O)c1ccc(OCCN(C)CCP(C)(C)=O)cc1. The highest BCUT2D eigenvalue weighted by Gasteiger charge is 2.09. The number of hydrogen-bond acceptors (Lipinski definition) is 5. The number of esters is 1. The smallest absolute Gasteiger partial charge is 0.337 e. The summed E-state index contributed by atoms with van der Waals surface area (Å²) in [5, 5.41) is 0. The number of carbonyl (C=O) groups excluding carboxylic acids is 1. The van der Waals surface area contributed by atoms with Crippen molar-refractivity contribution in [3.8, 4) is 5.75 Å². The number of carbonyl (C=O) groups is 1. The second-order valence-corrected chi connectivity index (χ2v) is 9.06. The van der Waals surface area contributed by atoms with E-state index in [9.17, 15) is 9.36 Å². The number of rotatable bonds is 8. The summed E-state index contributed by atoms with van der Waals surface area (Å²) < 4.78 is 21.9. The minimum atomic E-state index is -1.95. The van der Waals surface area contributed by atoms with Crippen LogP contribution in [-0.2, 0) is 9.30 Å². The summed E-state index contributed by atoms with van der Waals surface area (Å²) in [7, 11) is 1.39. The first-order chi connectivity index (χ1) is 9.81. The van der Waals surface area contributed by atoms with E-state index in [1.807, 2.05) is 7.05 Å². The van der Waals surface area contributed by atoms with Gasteiger partial charge in [-0.1, -0.05) is 0 Å². The third-order valence-corrected chi connectivity index (χ3v) is 4.31. The van der Waals surface area contributed by atoms with Crippen molar-refractivity contribution in [2.24, 2.45) is 0 Å². The predicted octanol–water partition coefficient (Wildman–Crippen LogP) is 2.41. The summed E-state index contributed by atoms with van der Waals surface area (Å²) in [6.45, 7) is 5.72. The van der Waals surface area contributed by atoms with E-state index in [-0.39, 0.29) is 5.97 Å². The van der Waals surface area contributed by atoms with Gasteiger partial charge in [-0.15, -0.1) is 0 Å². The quantitative estimate of drug-likeness (QED) is 0.545. The third-order valence-electron chi connectivity index (χ3n) is 3.04. The maximum atomic E-state index is 11.6. The molecule has 0 aliphatic heterocycles. The lowest BCUT2D eigenvalue weighted by molar-refractivity contribution is 0.0600. The Hall–Kier alpha value is -1.32. The van der Waals surface area contributed by atoms with Gasteiger partial charge in [-0.05, 0) is 44.6 Å². The van der Waals surface area contributed by atoms with Gasteiger partial charge in [-0.3, -0.25) is 0 Å². The number of methoxy groups -OCH3 is 1. The highest BCUT2D eigenvalue weighted by Crippen LogP contribution is 2.34. The van der Waals surface area contributed by atoms with Crippen molar-refractivity contribution in [2.45, 2.75) is 0 Å². The fraction of sp³-hybridized carbons (Fsp3) is 0.533. The lowest BCUT2D eigenvalue weighted by Crippen LogP contribution is -2.27. The molecule has 0 radical (unpaired) electrons. The molecule has 0 saturated carbocycles. The molecule has 0 N–H and O–H groups in total. The molecule has 0 aliphatic rings. The first-order valence-corrected chi connectivity index (χ1v) is 9.64. The van der Waals surface area contributed by atoms with Crippen LogP contribution in [0.2, 0.25) is 0 Å². The van der Waals surface area contributed by atoms with Crippen LogP contribution >= 0.6 is 7.14 Å². The zero-order valence-corrected chi connectivity index (χ0v) is 14.1. The van der Waals surface area contributed by atoms with E-state index >= 15 is 0 Å². The van der Waals surface area contributed by atoms with Gasteiger partial charge < -0.3 is 18.9 Å². The Morgan fingerprint density at radius 1 is 1.19 bits per heavy atom. The molecular weight excluding hydrogens is 289 g/mol. The van der Waals surface area contributed by atoms with Crippen LogP contribution in [0.3, 0.4) is 0 Å². The molecular formula is C15H24NO4P. The lowest BCUT2D eigenvalue weighted by atomic mass is 10.2. The molecule has 118 valence electrons. The van der Waals surface area contributed by atoms with Crippen LogP contribution < -0.4 is 4.74 Å². The van der Waals surface area contributed by atoms with Gasteiger partial charge in [0.2, 0.25) is 0 Å². The van der Waals surface area contributed by atoms with Crippen molar-refractivity contribution in [1.29, 1.82) is 0 Å². The number of likely N-dealkylation sites (N-methyl/N-ethyl adjacent to an activating group) is 1. The van der Waals surface area contributed by atoms with E-state index in [1.165, 1.54) is 7.11 Å². The molecule has 0 fully saturated rings.